The van der Waals surface area contributed by atoms with Gasteiger partial charge in [0.15, 0.2) is 6.10 Å². The molecule has 0 radical (unpaired) electrons. The maximum absolute atomic E-state index is 11.9. The lowest BCUT2D eigenvalue weighted by atomic mass is 10.2. The summed E-state index contributed by atoms with van der Waals surface area (Å²) in [5, 5.41) is 8.24. The van der Waals surface area contributed by atoms with Crippen molar-refractivity contribution in [1.82, 2.24) is 0 Å². The Hall–Kier alpha value is -1.53. The number of carboxylic acids is 1. The number of aliphatic carboxylic acids is 1. The van der Waals surface area contributed by atoms with Crippen molar-refractivity contribution in [2.75, 3.05) is 0 Å². The number of esters is 1. The van der Waals surface area contributed by atoms with E-state index in [1.165, 1.54) is 0 Å². The summed E-state index contributed by atoms with van der Waals surface area (Å²) in [6.45, 7) is 3.65. The summed E-state index contributed by atoms with van der Waals surface area (Å²) in [6, 6.07) is 0. The maximum atomic E-state index is 11.9. The Morgan fingerprint density at radius 3 is 2.27 bits per heavy atom. The molecule has 7 heteroatoms. The summed E-state index contributed by atoms with van der Waals surface area (Å²) in [6.07, 6.45) is -7.70. The highest BCUT2D eigenvalue weighted by Gasteiger charge is 2.39. The number of alkyl halides is 3. The molecule has 15 heavy (non-hydrogen) atoms. The molecule has 0 spiro atoms. The van der Waals surface area contributed by atoms with Crippen molar-refractivity contribution >= 4 is 11.9 Å². The molecule has 0 heterocycles. The number of hydrogen-bond donors (Lipinski definition) is 1. The number of halogens is 3. The Labute approximate surface area is 83.3 Å². The third kappa shape index (κ3) is 5.04. The first-order chi connectivity index (χ1) is 6.64. The van der Waals surface area contributed by atoms with Crippen LogP contribution in [0.2, 0.25) is 0 Å². The van der Waals surface area contributed by atoms with E-state index in [1.807, 2.05) is 0 Å². The largest absolute Gasteiger partial charge is 0.481 e. The second-order valence-electron chi connectivity index (χ2n) is 2.76. The zero-order valence-corrected chi connectivity index (χ0v) is 7.80. The molecule has 1 N–H and O–H groups in total. The van der Waals surface area contributed by atoms with Gasteiger partial charge < -0.3 is 9.84 Å². The lowest BCUT2D eigenvalue weighted by molar-refractivity contribution is -0.214. The SMILES string of the molecule is C=C(CC(=O)O)C(=O)OC(C)C(F)(F)F. The minimum atomic E-state index is -4.67. The van der Waals surface area contributed by atoms with E-state index in [1.54, 1.807) is 0 Å². The van der Waals surface area contributed by atoms with E-state index in [9.17, 15) is 22.8 Å². The zero-order valence-electron chi connectivity index (χ0n) is 7.80. The normalized spacial score (nSPS) is 13.1. The Morgan fingerprint density at radius 1 is 1.47 bits per heavy atom. The zero-order chi connectivity index (χ0) is 12.2. The average molecular weight is 226 g/mol. The minimum Gasteiger partial charge on any atom is -0.481 e. The van der Waals surface area contributed by atoms with Gasteiger partial charge in [-0.25, -0.2) is 4.79 Å². The number of carbonyl (C=O) groups excluding carboxylic acids is 1. The topological polar surface area (TPSA) is 63.6 Å². The van der Waals surface area contributed by atoms with E-state index in [0.29, 0.717) is 6.92 Å². The Morgan fingerprint density at radius 2 is 1.93 bits per heavy atom. The summed E-state index contributed by atoms with van der Waals surface area (Å²) in [7, 11) is 0. The van der Waals surface area contributed by atoms with Crippen LogP contribution < -0.4 is 0 Å². The van der Waals surface area contributed by atoms with Crippen LogP contribution in [0, 0.1) is 0 Å². The third-order valence-corrected chi connectivity index (χ3v) is 1.40. The van der Waals surface area contributed by atoms with Crippen LogP contribution in [-0.4, -0.2) is 29.3 Å². The van der Waals surface area contributed by atoms with Crippen molar-refractivity contribution in [2.24, 2.45) is 0 Å². The van der Waals surface area contributed by atoms with E-state index in [2.05, 4.69) is 11.3 Å². The molecule has 0 aromatic heterocycles. The molecule has 0 saturated carbocycles. The molecular weight excluding hydrogens is 217 g/mol. The maximum Gasteiger partial charge on any atom is 0.425 e. The van der Waals surface area contributed by atoms with Gasteiger partial charge in [-0.1, -0.05) is 6.58 Å². The second kappa shape index (κ2) is 4.81. The van der Waals surface area contributed by atoms with Crippen LogP contribution in [-0.2, 0) is 14.3 Å². The summed E-state index contributed by atoms with van der Waals surface area (Å²) in [4.78, 5) is 21.0. The molecule has 1 unspecified atom stereocenters. The number of rotatable bonds is 4. The fourth-order valence-corrected chi connectivity index (χ4v) is 0.565. The van der Waals surface area contributed by atoms with Gasteiger partial charge in [-0.15, -0.1) is 0 Å². The summed E-state index contributed by atoms with van der Waals surface area (Å²) < 4.78 is 39.7. The van der Waals surface area contributed by atoms with Gasteiger partial charge >= 0.3 is 18.1 Å². The van der Waals surface area contributed by atoms with Crippen molar-refractivity contribution in [1.29, 1.82) is 0 Å². The number of carboxylic acid groups (broad SMARTS) is 1. The van der Waals surface area contributed by atoms with Gasteiger partial charge in [0.05, 0.1) is 6.42 Å². The Kier molecular flexibility index (Phi) is 4.32. The molecular formula is C8H9F3O4. The van der Waals surface area contributed by atoms with Gasteiger partial charge in [0, 0.05) is 5.57 Å². The van der Waals surface area contributed by atoms with Crippen LogP contribution in [0.4, 0.5) is 13.2 Å². The van der Waals surface area contributed by atoms with Crippen LogP contribution in [0.15, 0.2) is 12.2 Å². The molecule has 1 atom stereocenters. The van der Waals surface area contributed by atoms with Crippen molar-refractivity contribution in [3.05, 3.63) is 12.2 Å². The van der Waals surface area contributed by atoms with E-state index in [0.717, 1.165) is 0 Å². The summed E-state index contributed by atoms with van der Waals surface area (Å²) in [5.41, 5.74) is -0.529. The first kappa shape index (κ1) is 13.5. The quantitative estimate of drug-likeness (QED) is 0.583. The molecule has 0 aliphatic heterocycles. The fraction of sp³-hybridized carbons (Fsp3) is 0.500. The van der Waals surface area contributed by atoms with Crippen LogP contribution in [0.3, 0.4) is 0 Å². The van der Waals surface area contributed by atoms with Crippen molar-refractivity contribution in [3.8, 4) is 0 Å². The van der Waals surface area contributed by atoms with E-state index < -0.39 is 36.2 Å². The van der Waals surface area contributed by atoms with Crippen LogP contribution in [0.25, 0.3) is 0 Å². The predicted octanol–water partition coefficient (Wildman–Crippen LogP) is 1.51. The Balaban J connectivity index is 4.26. The first-order valence-corrected chi connectivity index (χ1v) is 3.82. The molecule has 0 bridgehead atoms. The van der Waals surface area contributed by atoms with Gasteiger partial charge in [-0.3, -0.25) is 4.79 Å². The highest BCUT2D eigenvalue weighted by atomic mass is 19.4. The monoisotopic (exact) mass is 226 g/mol. The van der Waals surface area contributed by atoms with Crippen molar-refractivity contribution in [2.45, 2.75) is 25.6 Å². The highest BCUT2D eigenvalue weighted by molar-refractivity contribution is 5.92. The van der Waals surface area contributed by atoms with Gasteiger partial charge in [0.2, 0.25) is 0 Å². The van der Waals surface area contributed by atoms with Crippen LogP contribution in [0.1, 0.15) is 13.3 Å². The third-order valence-electron chi connectivity index (χ3n) is 1.40. The van der Waals surface area contributed by atoms with E-state index in [-0.39, 0.29) is 0 Å². The molecule has 0 fully saturated rings. The van der Waals surface area contributed by atoms with Gasteiger partial charge in [0.1, 0.15) is 0 Å². The molecule has 86 valence electrons. The Bertz CT molecular complexity index is 282. The van der Waals surface area contributed by atoms with Crippen LogP contribution >= 0.6 is 0 Å². The standard InChI is InChI=1S/C8H9F3O4/c1-4(3-6(12)13)7(14)15-5(2)8(9,10)11/h5H,1,3H2,2H3,(H,12,13). The smallest absolute Gasteiger partial charge is 0.425 e. The molecule has 0 saturated heterocycles. The van der Waals surface area contributed by atoms with E-state index >= 15 is 0 Å². The lowest BCUT2D eigenvalue weighted by Crippen LogP contribution is -2.31. The molecule has 0 amide bonds. The fourth-order valence-electron chi connectivity index (χ4n) is 0.565. The highest BCUT2D eigenvalue weighted by Crippen LogP contribution is 2.23. The van der Waals surface area contributed by atoms with Crippen molar-refractivity contribution in [3.63, 3.8) is 0 Å². The van der Waals surface area contributed by atoms with Gasteiger partial charge in [-0.05, 0) is 6.92 Å². The molecule has 0 aromatic rings. The molecule has 0 aromatic carbocycles. The summed E-state index contributed by atoms with van der Waals surface area (Å²) in [5.74, 6) is -2.72. The molecule has 0 aliphatic carbocycles. The lowest BCUT2D eigenvalue weighted by Gasteiger charge is -2.16. The molecule has 4 nitrogen and oxygen atoms in total. The second-order valence-corrected chi connectivity index (χ2v) is 2.76. The number of hydrogen-bond acceptors (Lipinski definition) is 3. The van der Waals surface area contributed by atoms with Gasteiger partial charge in [-0.2, -0.15) is 13.2 Å². The molecule has 0 rings (SSSR count). The molecule has 0 aliphatic rings. The first-order valence-electron chi connectivity index (χ1n) is 3.82. The number of ether oxygens (including phenoxy) is 1. The van der Waals surface area contributed by atoms with Crippen LogP contribution in [0.5, 0.6) is 0 Å². The predicted molar refractivity (Wildman–Crippen MR) is 43.0 cm³/mol. The number of carbonyl (C=O) groups is 2. The average Bonchev–Trinajstić information content (AvgIpc) is 2.00. The minimum absolute atomic E-state index is 0.529. The van der Waals surface area contributed by atoms with E-state index in [4.69, 9.17) is 5.11 Å². The summed E-state index contributed by atoms with van der Waals surface area (Å²) >= 11 is 0. The van der Waals surface area contributed by atoms with Crippen molar-refractivity contribution < 1.29 is 32.6 Å². The van der Waals surface area contributed by atoms with Gasteiger partial charge in [0.25, 0.3) is 0 Å².